The Morgan fingerprint density at radius 1 is 1.58 bits per heavy atom. The first-order valence-electron chi connectivity index (χ1n) is 4.04. The molecule has 0 aliphatic carbocycles. The van der Waals surface area contributed by atoms with Gasteiger partial charge < -0.3 is 0 Å². The third-order valence-electron chi connectivity index (χ3n) is 2.04. The monoisotopic (exact) mass is 227 g/mol. The fraction of sp³-hybridized carbons (Fsp3) is 0.500. The number of aliphatic imine (C=N–C) groups is 1. The van der Waals surface area contributed by atoms with Gasteiger partial charge in [0.15, 0.2) is 0 Å². The van der Waals surface area contributed by atoms with E-state index in [0.717, 1.165) is 23.9 Å². The fourth-order valence-corrected chi connectivity index (χ4v) is 1.69. The highest BCUT2D eigenvalue weighted by Gasteiger charge is 2.12. The summed E-state index contributed by atoms with van der Waals surface area (Å²) in [6.45, 7) is 0.933. The molecular formula is C8H10BrN3. The van der Waals surface area contributed by atoms with Gasteiger partial charge in [0, 0.05) is 25.4 Å². The summed E-state index contributed by atoms with van der Waals surface area (Å²) in [6, 6.07) is 0.508. The summed E-state index contributed by atoms with van der Waals surface area (Å²) in [5.41, 5.74) is 0. The van der Waals surface area contributed by atoms with Crippen LogP contribution in [0.1, 0.15) is 18.9 Å². The maximum Gasteiger partial charge on any atom is 0.0632 e. The molecule has 0 bridgehead atoms. The second-order valence-corrected chi connectivity index (χ2v) is 3.82. The normalized spacial score (nSPS) is 22.9. The topological polar surface area (TPSA) is 30.2 Å². The van der Waals surface area contributed by atoms with Crippen molar-refractivity contribution in [1.82, 2.24) is 9.78 Å². The molecule has 1 unspecified atom stereocenters. The van der Waals surface area contributed by atoms with Crippen LogP contribution in [-0.2, 0) is 0 Å². The molecule has 12 heavy (non-hydrogen) atoms. The molecule has 1 aromatic heterocycles. The molecule has 3 nitrogen and oxygen atoms in total. The van der Waals surface area contributed by atoms with E-state index < -0.39 is 0 Å². The summed E-state index contributed by atoms with van der Waals surface area (Å²) in [5, 5.41) is 4.25. The fourth-order valence-electron chi connectivity index (χ4n) is 1.38. The molecule has 0 amide bonds. The van der Waals surface area contributed by atoms with Crippen molar-refractivity contribution in [3.63, 3.8) is 0 Å². The summed E-state index contributed by atoms with van der Waals surface area (Å²) >= 11 is 3.38. The number of hydrogen-bond acceptors (Lipinski definition) is 2. The lowest BCUT2D eigenvalue weighted by atomic mass is 10.1. The van der Waals surface area contributed by atoms with Crippen LogP contribution in [0, 0.1) is 0 Å². The molecule has 0 fully saturated rings. The molecule has 0 saturated heterocycles. The van der Waals surface area contributed by atoms with Crippen LogP contribution >= 0.6 is 15.9 Å². The summed E-state index contributed by atoms with van der Waals surface area (Å²) in [4.78, 5) is 4.18. The van der Waals surface area contributed by atoms with Gasteiger partial charge in [0.1, 0.15) is 0 Å². The minimum Gasteiger partial charge on any atom is -0.297 e. The van der Waals surface area contributed by atoms with Gasteiger partial charge >= 0.3 is 0 Å². The number of aromatic nitrogens is 2. The van der Waals surface area contributed by atoms with Gasteiger partial charge in [0.2, 0.25) is 0 Å². The molecule has 1 atom stereocenters. The summed E-state index contributed by atoms with van der Waals surface area (Å²) < 4.78 is 3.06. The van der Waals surface area contributed by atoms with Crippen molar-refractivity contribution in [2.75, 3.05) is 6.54 Å². The van der Waals surface area contributed by atoms with Crippen LogP contribution in [0.4, 0.5) is 0 Å². The minimum absolute atomic E-state index is 0.508. The SMILES string of the molecule is Brc1cnn(C2CC=NCC2)c1. The lowest BCUT2D eigenvalue weighted by molar-refractivity contribution is 0.435. The number of halogens is 1. The van der Waals surface area contributed by atoms with Crippen LogP contribution in [0.3, 0.4) is 0 Å². The quantitative estimate of drug-likeness (QED) is 0.723. The lowest BCUT2D eigenvalue weighted by Crippen LogP contribution is -2.14. The molecule has 0 spiro atoms. The Bertz CT molecular complexity index is 292. The molecule has 64 valence electrons. The maximum atomic E-state index is 4.25. The molecule has 0 saturated carbocycles. The Morgan fingerprint density at radius 2 is 2.50 bits per heavy atom. The first-order valence-corrected chi connectivity index (χ1v) is 4.83. The number of hydrogen-bond donors (Lipinski definition) is 0. The molecule has 1 aliphatic rings. The third kappa shape index (κ3) is 1.58. The molecule has 0 N–H and O–H groups in total. The molecule has 0 aromatic carbocycles. The molecule has 2 heterocycles. The van der Waals surface area contributed by atoms with Crippen molar-refractivity contribution < 1.29 is 0 Å². The third-order valence-corrected chi connectivity index (χ3v) is 2.45. The minimum atomic E-state index is 0.508. The van der Waals surface area contributed by atoms with Crippen molar-refractivity contribution in [2.24, 2.45) is 4.99 Å². The van der Waals surface area contributed by atoms with E-state index in [-0.39, 0.29) is 0 Å². The Labute approximate surface area is 79.6 Å². The van der Waals surface area contributed by atoms with Crippen LogP contribution in [0.25, 0.3) is 0 Å². The highest BCUT2D eigenvalue weighted by atomic mass is 79.9. The molecule has 4 heteroatoms. The van der Waals surface area contributed by atoms with E-state index in [1.165, 1.54) is 0 Å². The van der Waals surface area contributed by atoms with Gasteiger partial charge in [-0.3, -0.25) is 9.67 Å². The zero-order valence-corrected chi connectivity index (χ0v) is 8.24. The highest BCUT2D eigenvalue weighted by Crippen LogP contribution is 2.19. The molecule has 2 rings (SSSR count). The van der Waals surface area contributed by atoms with E-state index in [4.69, 9.17) is 0 Å². The summed E-state index contributed by atoms with van der Waals surface area (Å²) in [6.07, 6.45) is 7.94. The Hall–Kier alpha value is -0.640. The van der Waals surface area contributed by atoms with Crippen molar-refractivity contribution in [2.45, 2.75) is 18.9 Å². The van der Waals surface area contributed by atoms with Gasteiger partial charge in [-0.05, 0) is 22.4 Å². The molecule has 1 aliphatic heterocycles. The van der Waals surface area contributed by atoms with Crippen LogP contribution in [0.2, 0.25) is 0 Å². The van der Waals surface area contributed by atoms with Crippen LogP contribution in [0.15, 0.2) is 21.9 Å². The smallest absolute Gasteiger partial charge is 0.0632 e. The van der Waals surface area contributed by atoms with Gasteiger partial charge in [-0.25, -0.2) is 0 Å². The second kappa shape index (κ2) is 3.39. The van der Waals surface area contributed by atoms with Crippen molar-refractivity contribution in [3.8, 4) is 0 Å². The first-order chi connectivity index (χ1) is 5.86. The maximum absolute atomic E-state index is 4.25. The Kier molecular flexibility index (Phi) is 2.26. The summed E-state index contributed by atoms with van der Waals surface area (Å²) in [7, 11) is 0. The van der Waals surface area contributed by atoms with Gasteiger partial charge in [-0.2, -0.15) is 5.10 Å². The predicted octanol–water partition coefficient (Wildman–Crippen LogP) is 2.05. The first kappa shape index (κ1) is 7.98. The van der Waals surface area contributed by atoms with Crippen molar-refractivity contribution in [1.29, 1.82) is 0 Å². The van der Waals surface area contributed by atoms with Gasteiger partial charge in [-0.1, -0.05) is 0 Å². The van der Waals surface area contributed by atoms with E-state index >= 15 is 0 Å². The van der Waals surface area contributed by atoms with Gasteiger partial charge in [0.25, 0.3) is 0 Å². The van der Waals surface area contributed by atoms with E-state index in [1.54, 1.807) is 0 Å². The molecule has 1 aromatic rings. The number of nitrogens with zero attached hydrogens (tertiary/aromatic N) is 3. The van der Waals surface area contributed by atoms with Crippen LogP contribution in [0.5, 0.6) is 0 Å². The largest absolute Gasteiger partial charge is 0.297 e. The van der Waals surface area contributed by atoms with E-state index in [0.29, 0.717) is 6.04 Å². The van der Waals surface area contributed by atoms with E-state index in [2.05, 4.69) is 26.0 Å². The van der Waals surface area contributed by atoms with E-state index in [9.17, 15) is 0 Å². The average molecular weight is 228 g/mol. The zero-order valence-electron chi connectivity index (χ0n) is 6.65. The van der Waals surface area contributed by atoms with Gasteiger partial charge in [0.05, 0.1) is 16.7 Å². The van der Waals surface area contributed by atoms with Crippen molar-refractivity contribution >= 4 is 22.1 Å². The summed E-state index contributed by atoms with van der Waals surface area (Å²) in [5.74, 6) is 0. The predicted molar refractivity (Wildman–Crippen MR) is 51.6 cm³/mol. The Balaban J connectivity index is 2.14. The zero-order chi connectivity index (χ0) is 8.39. The highest BCUT2D eigenvalue weighted by molar-refractivity contribution is 9.10. The van der Waals surface area contributed by atoms with Crippen LogP contribution < -0.4 is 0 Å². The van der Waals surface area contributed by atoms with Crippen LogP contribution in [-0.4, -0.2) is 22.5 Å². The standard InChI is InChI=1S/C8H10BrN3/c9-7-5-11-12(6-7)8-1-3-10-4-2-8/h3,5-6,8H,1-2,4H2. The second-order valence-electron chi connectivity index (χ2n) is 2.91. The molecular weight excluding hydrogens is 218 g/mol. The lowest BCUT2D eigenvalue weighted by Gasteiger charge is -2.17. The van der Waals surface area contributed by atoms with Crippen molar-refractivity contribution in [3.05, 3.63) is 16.9 Å². The molecule has 0 radical (unpaired) electrons. The number of rotatable bonds is 1. The van der Waals surface area contributed by atoms with Gasteiger partial charge in [-0.15, -0.1) is 0 Å². The average Bonchev–Trinajstić information content (AvgIpc) is 2.54. The van der Waals surface area contributed by atoms with E-state index in [1.807, 2.05) is 23.3 Å². The Morgan fingerprint density at radius 3 is 3.08 bits per heavy atom.